The first-order valence-corrected chi connectivity index (χ1v) is 9.17. The molecule has 27 heavy (non-hydrogen) atoms. The fourth-order valence-electron chi connectivity index (χ4n) is 3.16. The molecule has 3 amide bonds. The van der Waals surface area contributed by atoms with E-state index in [-0.39, 0.29) is 5.91 Å². The van der Waals surface area contributed by atoms with Crippen LogP contribution in [0.25, 0.3) is 0 Å². The molecule has 0 radical (unpaired) electrons. The van der Waals surface area contributed by atoms with Gasteiger partial charge in [-0.2, -0.15) is 0 Å². The van der Waals surface area contributed by atoms with E-state index in [9.17, 15) is 14.4 Å². The van der Waals surface area contributed by atoms with Crippen molar-refractivity contribution in [1.29, 1.82) is 0 Å². The first-order chi connectivity index (χ1) is 13.1. The molecular formula is C21H21N3O3. The Morgan fingerprint density at radius 3 is 2.30 bits per heavy atom. The van der Waals surface area contributed by atoms with Crippen LogP contribution in [0.1, 0.15) is 28.8 Å². The van der Waals surface area contributed by atoms with Crippen LogP contribution in [0.15, 0.2) is 54.6 Å². The summed E-state index contributed by atoms with van der Waals surface area (Å²) in [5, 5.41) is 2.95. The molecule has 0 aromatic heterocycles. The van der Waals surface area contributed by atoms with Crippen LogP contribution in [0.3, 0.4) is 0 Å². The third-order valence-corrected chi connectivity index (χ3v) is 4.88. The molecule has 1 N–H and O–H groups in total. The molecule has 0 spiro atoms. The van der Waals surface area contributed by atoms with Gasteiger partial charge in [-0.25, -0.2) is 0 Å². The number of amides is 3. The van der Waals surface area contributed by atoms with Crippen LogP contribution in [-0.2, 0) is 16.1 Å². The molecule has 2 fully saturated rings. The summed E-state index contributed by atoms with van der Waals surface area (Å²) in [6.07, 6.45) is 2.10. The number of piperazine rings is 1. The molecular weight excluding hydrogens is 342 g/mol. The van der Waals surface area contributed by atoms with Crippen LogP contribution in [-0.4, -0.2) is 41.8 Å². The lowest BCUT2D eigenvalue weighted by Gasteiger charge is -2.33. The van der Waals surface area contributed by atoms with Gasteiger partial charge in [0.05, 0.1) is 0 Å². The highest BCUT2D eigenvalue weighted by Crippen LogP contribution is 2.20. The molecule has 2 aromatic rings. The Morgan fingerprint density at radius 2 is 1.63 bits per heavy atom. The van der Waals surface area contributed by atoms with Gasteiger partial charge in [0.2, 0.25) is 0 Å². The minimum absolute atomic E-state index is 0.0632. The number of nitrogens with one attached hydrogen (secondary N) is 1. The molecule has 0 unspecified atom stereocenters. The fraction of sp³-hybridized carbons (Fsp3) is 0.286. The van der Waals surface area contributed by atoms with Crippen molar-refractivity contribution in [2.45, 2.75) is 25.4 Å². The molecule has 0 bridgehead atoms. The van der Waals surface area contributed by atoms with Gasteiger partial charge in [0, 0.05) is 36.9 Å². The van der Waals surface area contributed by atoms with Crippen LogP contribution >= 0.6 is 0 Å². The molecule has 1 aliphatic carbocycles. The predicted octanol–water partition coefficient (Wildman–Crippen LogP) is 1.95. The van der Waals surface area contributed by atoms with Gasteiger partial charge < -0.3 is 15.1 Å². The Kier molecular flexibility index (Phi) is 4.62. The monoisotopic (exact) mass is 363 g/mol. The average molecular weight is 363 g/mol. The molecule has 1 saturated heterocycles. The number of nitrogens with zero attached hydrogens (tertiary/aromatic N) is 2. The summed E-state index contributed by atoms with van der Waals surface area (Å²) in [5.41, 5.74) is 2.25. The third kappa shape index (κ3) is 3.84. The maximum atomic E-state index is 12.5. The molecule has 0 atom stereocenters. The minimum Gasteiger partial charge on any atom is -0.349 e. The van der Waals surface area contributed by atoms with E-state index in [1.807, 2.05) is 42.5 Å². The quantitative estimate of drug-likeness (QED) is 0.826. The zero-order valence-corrected chi connectivity index (χ0v) is 14.9. The van der Waals surface area contributed by atoms with Crippen molar-refractivity contribution in [2.75, 3.05) is 18.0 Å². The number of anilines is 1. The van der Waals surface area contributed by atoms with Crippen LogP contribution in [0, 0.1) is 0 Å². The third-order valence-electron chi connectivity index (χ3n) is 4.88. The molecule has 6 heteroatoms. The minimum atomic E-state index is -0.507. The maximum absolute atomic E-state index is 12.5. The van der Waals surface area contributed by atoms with E-state index in [1.165, 1.54) is 4.90 Å². The van der Waals surface area contributed by atoms with E-state index in [4.69, 9.17) is 0 Å². The van der Waals surface area contributed by atoms with Gasteiger partial charge in [-0.1, -0.05) is 30.3 Å². The normalized spacial score (nSPS) is 17.2. The Bertz CT molecular complexity index is 860. The van der Waals surface area contributed by atoms with Gasteiger partial charge in [0.1, 0.15) is 0 Å². The molecule has 1 aliphatic heterocycles. The Hall–Kier alpha value is -3.15. The lowest BCUT2D eigenvalue weighted by Crippen LogP contribution is -2.54. The fourth-order valence-corrected chi connectivity index (χ4v) is 3.16. The highest BCUT2D eigenvalue weighted by molar-refractivity contribution is 6.40. The van der Waals surface area contributed by atoms with Crippen molar-refractivity contribution in [3.63, 3.8) is 0 Å². The molecule has 2 aliphatic rings. The van der Waals surface area contributed by atoms with E-state index in [0.717, 1.165) is 24.1 Å². The number of benzene rings is 2. The van der Waals surface area contributed by atoms with Crippen molar-refractivity contribution >= 4 is 23.4 Å². The van der Waals surface area contributed by atoms with Crippen LogP contribution in [0.2, 0.25) is 0 Å². The van der Waals surface area contributed by atoms with E-state index in [1.54, 1.807) is 17.0 Å². The Morgan fingerprint density at radius 1 is 0.926 bits per heavy atom. The molecule has 4 rings (SSSR count). The molecule has 1 heterocycles. The Balaban J connectivity index is 1.39. The molecule has 1 saturated carbocycles. The van der Waals surface area contributed by atoms with Gasteiger partial charge in [-0.3, -0.25) is 14.4 Å². The highest BCUT2D eigenvalue weighted by atomic mass is 16.2. The predicted molar refractivity (Wildman–Crippen MR) is 101 cm³/mol. The first kappa shape index (κ1) is 17.3. The summed E-state index contributed by atoms with van der Waals surface area (Å²) in [5.74, 6) is -1.07. The second kappa shape index (κ2) is 7.23. The summed E-state index contributed by atoms with van der Waals surface area (Å²) in [6.45, 7) is 1.30. The van der Waals surface area contributed by atoms with Crippen molar-refractivity contribution in [3.8, 4) is 0 Å². The van der Waals surface area contributed by atoms with E-state index in [0.29, 0.717) is 31.2 Å². The summed E-state index contributed by atoms with van der Waals surface area (Å²) in [4.78, 5) is 40.1. The largest absolute Gasteiger partial charge is 0.349 e. The van der Waals surface area contributed by atoms with E-state index in [2.05, 4.69) is 5.32 Å². The van der Waals surface area contributed by atoms with Gasteiger partial charge >= 0.3 is 11.8 Å². The van der Waals surface area contributed by atoms with Gasteiger partial charge in [-0.05, 0) is 42.7 Å². The summed E-state index contributed by atoms with van der Waals surface area (Å²) in [7, 11) is 0. The van der Waals surface area contributed by atoms with E-state index >= 15 is 0 Å². The number of carbonyl (C=O) groups is 3. The second-order valence-corrected chi connectivity index (χ2v) is 6.96. The second-order valence-electron chi connectivity index (χ2n) is 6.96. The van der Waals surface area contributed by atoms with Crippen molar-refractivity contribution in [2.24, 2.45) is 0 Å². The summed E-state index contributed by atoms with van der Waals surface area (Å²) < 4.78 is 0. The average Bonchev–Trinajstić information content (AvgIpc) is 3.51. The molecule has 6 nitrogen and oxygen atoms in total. The summed E-state index contributed by atoms with van der Waals surface area (Å²) in [6, 6.07) is 16.7. The lowest BCUT2D eigenvalue weighted by molar-refractivity contribution is -0.146. The maximum Gasteiger partial charge on any atom is 0.316 e. The lowest BCUT2D eigenvalue weighted by atomic mass is 10.1. The van der Waals surface area contributed by atoms with Crippen LogP contribution < -0.4 is 10.2 Å². The Labute approximate surface area is 157 Å². The van der Waals surface area contributed by atoms with Crippen LogP contribution in [0.4, 0.5) is 5.69 Å². The van der Waals surface area contributed by atoms with Gasteiger partial charge in [-0.15, -0.1) is 0 Å². The van der Waals surface area contributed by atoms with Crippen molar-refractivity contribution in [3.05, 3.63) is 65.7 Å². The zero-order valence-electron chi connectivity index (χ0n) is 14.9. The van der Waals surface area contributed by atoms with Crippen LogP contribution in [0.5, 0.6) is 0 Å². The first-order valence-electron chi connectivity index (χ1n) is 9.17. The number of hydrogen-bond donors (Lipinski definition) is 1. The smallest absolute Gasteiger partial charge is 0.316 e. The standard InChI is InChI=1S/C21H21N3O3/c25-19(22-17-10-11-17)16-8-6-15(7-9-16)14-23-12-13-24(21(27)20(23)26)18-4-2-1-3-5-18/h1-9,17H,10-14H2,(H,22,25). The highest BCUT2D eigenvalue weighted by Gasteiger charge is 2.33. The van der Waals surface area contributed by atoms with Crippen molar-refractivity contribution < 1.29 is 14.4 Å². The zero-order chi connectivity index (χ0) is 18.8. The topological polar surface area (TPSA) is 69.7 Å². The number of rotatable bonds is 5. The number of carbonyl (C=O) groups excluding carboxylic acids is 3. The molecule has 138 valence electrons. The number of hydrogen-bond acceptors (Lipinski definition) is 3. The van der Waals surface area contributed by atoms with Crippen molar-refractivity contribution in [1.82, 2.24) is 10.2 Å². The van der Waals surface area contributed by atoms with Gasteiger partial charge in [0.25, 0.3) is 5.91 Å². The summed E-state index contributed by atoms with van der Waals surface area (Å²) >= 11 is 0. The molecule has 2 aromatic carbocycles. The number of para-hydroxylation sites is 1. The van der Waals surface area contributed by atoms with E-state index < -0.39 is 11.8 Å². The van der Waals surface area contributed by atoms with Gasteiger partial charge in [0.15, 0.2) is 0 Å². The SMILES string of the molecule is O=C(NC1CC1)c1ccc(CN2CCN(c3ccccc3)C(=O)C2=O)cc1.